The van der Waals surface area contributed by atoms with Gasteiger partial charge in [0, 0.05) is 17.4 Å². The Morgan fingerprint density at radius 2 is 1.67 bits per heavy atom. The minimum absolute atomic E-state index is 0.332. The number of anilines is 2. The lowest BCUT2D eigenvalue weighted by Crippen LogP contribution is -1.97. The molecule has 0 bridgehead atoms. The highest BCUT2D eigenvalue weighted by atomic mass is 35.5. The van der Waals surface area contributed by atoms with Gasteiger partial charge in [-0.25, -0.2) is 9.37 Å². The summed E-state index contributed by atoms with van der Waals surface area (Å²) < 4.78 is 15.4. The molecule has 4 aromatic rings. The zero-order chi connectivity index (χ0) is 16.5. The maximum Gasteiger partial charge on any atom is 0.143 e. The fraction of sp³-hybridized carbons (Fsp3) is 0. The second-order valence-corrected chi connectivity index (χ2v) is 5.76. The fourth-order valence-corrected chi connectivity index (χ4v) is 2.86. The molecule has 0 unspecified atom stereocenters. The Bertz CT molecular complexity index is 1010. The van der Waals surface area contributed by atoms with Gasteiger partial charge in [-0.3, -0.25) is 4.40 Å². The van der Waals surface area contributed by atoms with Crippen LogP contribution in [0.4, 0.5) is 15.9 Å². The highest BCUT2D eigenvalue weighted by molar-refractivity contribution is 6.33. The SMILES string of the molecule is Fc1ccc2nc(-c3ccccc3Cl)c(Nc3ccccc3)n2c1. The molecule has 1 N–H and O–H groups in total. The number of halogens is 2. The van der Waals surface area contributed by atoms with Crippen LogP contribution in [0.3, 0.4) is 0 Å². The topological polar surface area (TPSA) is 29.3 Å². The van der Waals surface area contributed by atoms with Crippen LogP contribution >= 0.6 is 11.6 Å². The molecular formula is C19H13ClFN3. The summed E-state index contributed by atoms with van der Waals surface area (Å²) in [5.41, 5.74) is 3.00. The average molecular weight is 338 g/mol. The van der Waals surface area contributed by atoms with Gasteiger partial charge in [-0.1, -0.05) is 48.0 Å². The first-order valence-corrected chi connectivity index (χ1v) is 7.85. The van der Waals surface area contributed by atoms with Crippen molar-refractivity contribution in [3.8, 4) is 11.3 Å². The van der Waals surface area contributed by atoms with Crippen molar-refractivity contribution in [3.63, 3.8) is 0 Å². The molecule has 2 aromatic carbocycles. The van der Waals surface area contributed by atoms with E-state index >= 15 is 0 Å². The number of nitrogens with one attached hydrogen (secondary N) is 1. The Morgan fingerprint density at radius 1 is 0.917 bits per heavy atom. The highest BCUT2D eigenvalue weighted by Gasteiger charge is 2.16. The Kier molecular flexibility index (Phi) is 3.67. The smallest absolute Gasteiger partial charge is 0.143 e. The van der Waals surface area contributed by atoms with Gasteiger partial charge in [-0.15, -0.1) is 0 Å². The van der Waals surface area contributed by atoms with Crippen LogP contribution in [0.5, 0.6) is 0 Å². The predicted octanol–water partition coefficient (Wildman–Crippen LogP) is 5.54. The molecule has 0 fully saturated rings. The van der Waals surface area contributed by atoms with Crippen LogP contribution in [0, 0.1) is 5.82 Å². The van der Waals surface area contributed by atoms with Gasteiger partial charge in [0.15, 0.2) is 0 Å². The molecule has 0 aliphatic heterocycles. The molecule has 0 aliphatic carbocycles. The lowest BCUT2D eigenvalue weighted by atomic mass is 10.1. The van der Waals surface area contributed by atoms with Gasteiger partial charge < -0.3 is 5.32 Å². The molecule has 4 rings (SSSR count). The third kappa shape index (κ3) is 2.61. The van der Waals surface area contributed by atoms with E-state index in [-0.39, 0.29) is 5.82 Å². The first kappa shape index (κ1) is 14.7. The predicted molar refractivity (Wildman–Crippen MR) is 95.3 cm³/mol. The van der Waals surface area contributed by atoms with E-state index < -0.39 is 0 Å². The van der Waals surface area contributed by atoms with E-state index in [0.29, 0.717) is 22.2 Å². The summed E-state index contributed by atoms with van der Waals surface area (Å²) in [7, 11) is 0. The average Bonchev–Trinajstić information content (AvgIpc) is 2.94. The lowest BCUT2D eigenvalue weighted by Gasteiger charge is -2.09. The van der Waals surface area contributed by atoms with Gasteiger partial charge in [0.1, 0.15) is 23.0 Å². The molecule has 0 spiro atoms. The zero-order valence-corrected chi connectivity index (χ0v) is 13.3. The molecule has 118 valence electrons. The van der Waals surface area contributed by atoms with Crippen molar-refractivity contribution in [1.29, 1.82) is 0 Å². The van der Waals surface area contributed by atoms with Crippen LogP contribution < -0.4 is 5.32 Å². The van der Waals surface area contributed by atoms with Crippen molar-refractivity contribution in [2.75, 3.05) is 5.32 Å². The number of hydrogen-bond donors (Lipinski definition) is 1. The summed E-state index contributed by atoms with van der Waals surface area (Å²) in [5.74, 6) is 0.338. The number of rotatable bonds is 3. The zero-order valence-electron chi connectivity index (χ0n) is 12.6. The number of para-hydroxylation sites is 1. The highest BCUT2D eigenvalue weighted by Crippen LogP contribution is 2.35. The van der Waals surface area contributed by atoms with Crippen LogP contribution in [0.2, 0.25) is 5.02 Å². The number of nitrogens with zero attached hydrogens (tertiary/aromatic N) is 2. The molecule has 0 saturated carbocycles. The van der Waals surface area contributed by atoms with Gasteiger partial charge in [0.05, 0.1) is 5.02 Å². The van der Waals surface area contributed by atoms with Crippen molar-refractivity contribution < 1.29 is 4.39 Å². The largest absolute Gasteiger partial charge is 0.339 e. The van der Waals surface area contributed by atoms with Gasteiger partial charge in [-0.05, 0) is 30.3 Å². The van der Waals surface area contributed by atoms with Crippen molar-refractivity contribution in [2.45, 2.75) is 0 Å². The number of aromatic nitrogens is 2. The van der Waals surface area contributed by atoms with E-state index in [1.165, 1.54) is 12.3 Å². The lowest BCUT2D eigenvalue weighted by molar-refractivity contribution is 0.619. The van der Waals surface area contributed by atoms with Crippen LogP contribution in [0.15, 0.2) is 72.9 Å². The Balaban J connectivity index is 1.96. The summed E-state index contributed by atoms with van der Waals surface area (Å²) >= 11 is 6.34. The van der Waals surface area contributed by atoms with Crippen molar-refractivity contribution in [1.82, 2.24) is 9.38 Å². The van der Waals surface area contributed by atoms with Gasteiger partial charge >= 0.3 is 0 Å². The van der Waals surface area contributed by atoms with Gasteiger partial charge in [-0.2, -0.15) is 0 Å². The molecule has 0 aliphatic rings. The molecule has 0 saturated heterocycles. The number of benzene rings is 2. The minimum Gasteiger partial charge on any atom is -0.339 e. The monoisotopic (exact) mass is 337 g/mol. The summed E-state index contributed by atoms with van der Waals surface area (Å²) in [4.78, 5) is 4.63. The first-order chi connectivity index (χ1) is 11.7. The first-order valence-electron chi connectivity index (χ1n) is 7.47. The number of hydrogen-bond acceptors (Lipinski definition) is 2. The summed E-state index contributed by atoms with van der Waals surface area (Å²) in [6, 6.07) is 20.2. The molecule has 0 amide bonds. The summed E-state index contributed by atoms with van der Waals surface area (Å²) in [5, 5.41) is 3.92. The van der Waals surface area contributed by atoms with Crippen LogP contribution in [-0.4, -0.2) is 9.38 Å². The van der Waals surface area contributed by atoms with E-state index in [1.54, 1.807) is 10.5 Å². The van der Waals surface area contributed by atoms with E-state index in [9.17, 15) is 4.39 Å². The molecule has 2 heterocycles. The van der Waals surface area contributed by atoms with E-state index in [1.807, 2.05) is 54.6 Å². The Labute approximate surface area is 143 Å². The molecule has 3 nitrogen and oxygen atoms in total. The fourth-order valence-electron chi connectivity index (χ4n) is 2.64. The van der Waals surface area contributed by atoms with Crippen molar-refractivity contribution >= 4 is 28.8 Å². The van der Waals surface area contributed by atoms with E-state index in [2.05, 4.69) is 10.3 Å². The summed E-state index contributed by atoms with van der Waals surface area (Å²) in [6.07, 6.45) is 1.41. The van der Waals surface area contributed by atoms with Crippen LogP contribution in [0.25, 0.3) is 16.9 Å². The summed E-state index contributed by atoms with van der Waals surface area (Å²) in [6.45, 7) is 0. The maximum atomic E-state index is 13.7. The third-order valence-electron chi connectivity index (χ3n) is 3.75. The van der Waals surface area contributed by atoms with Crippen LogP contribution in [0.1, 0.15) is 0 Å². The normalized spacial score (nSPS) is 10.9. The second kappa shape index (κ2) is 5.98. The number of fused-ring (bicyclic) bond motifs is 1. The number of pyridine rings is 1. The van der Waals surface area contributed by atoms with Gasteiger partial charge in [0.2, 0.25) is 0 Å². The molecule has 5 heteroatoms. The molecule has 2 aromatic heterocycles. The Hall–Kier alpha value is -2.85. The van der Waals surface area contributed by atoms with Crippen molar-refractivity contribution in [2.24, 2.45) is 0 Å². The number of imidazole rings is 1. The second-order valence-electron chi connectivity index (χ2n) is 5.36. The minimum atomic E-state index is -0.332. The molecule has 24 heavy (non-hydrogen) atoms. The quantitative estimate of drug-likeness (QED) is 0.532. The van der Waals surface area contributed by atoms with Gasteiger partial charge in [0.25, 0.3) is 0 Å². The third-order valence-corrected chi connectivity index (χ3v) is 4.08. The Morgan fingerprint density at radius 3 is 2.46 bits per heavy atom. The van der Waals surface area contributed by atoms with Crippen molar-refractivity contribution in [3.05, 3.63) is 83.8 Å². The van der Waals surface area contributed by atoms with E-state index in [0.717, 1.165) is 11.3 Å². The molecule has 0 atom stereocenters. The standard InChI is InChI=1S/C19H13ClFN3/c20-16-9-5-4-8-15(16)18-19(22-14-6-2-1-3-7-14)24-12-13(21)10-11-17(24)23-18/h1-12,22H. The molecular weight excluding hydrogens is 325 g/mol. The van der Waals surface area contributed by atoms with E-state index in [4.69, 9.17) is 11.6 Å². The van der Waals surface area contributed by atoms with Crippen LogP contribution in [-0.2, 0) is 0 Å². The maximum absolute atomic E-state index is 13.7. The molecule has 0 radical (unpaired) electrons.